The Bertz CT molecular complexity index is 573. The van der Waals surface area contributed by atoms with E-state index in [4.69, 9.17) is 9.84 Å². The molecule has 138 valence electrons. The summed E-state index contributed by atoms with van der Waals surface area (Å²) in [6.45, 7) is 3.72. The first-order chi connectivity index (χ1) is 11.3. The van der Waals surface area contributed by atoms with Gasteiger partial charge in [-0.2, -0.15) is 0 Å². The number of aliphatic hydroxyl groups is 1. The van der Waals surface area contributed by atoms with E-state index in [0.29, 0.717) is 6.42 Å². The molecule has 0 fully saturated rings. The van der Waals surface area contributed by atoms with E-state index in [-0.39, 0.29) is 18.9 Å². The van der Waals surface area contributed by atoms with Gasteiger partial charge in [0.1, 0.15) is 0 Å². The summed E-state index contributed by atoms with van der Waals surface area (Å²) in [5.74, 6) is -1.27. The van der Waals surface area contributed by atoms with E-state index in [1.165, 1.54) is 7.11 Å². The summed E-state index contributed by atoms with van der Waals surface area (Å²) in [6.07, 6.45) is 8.22. The lowest BCUT2D eigenvalue weighted by molar-refractivity contribution is -0.147. The van der Waals surface area contributed by atoms with Crippen LogP contribution in [0.3, 0.4) is 0 Å². The number of hydrogen-bond acceptors (Lipinski definition) is 6. The number of allylic oxidation sites excluding steroid dienone is 2. The highest BCUT2D eigenvalue weighted by Crippen LogP contribution is 2.29. The lowest BCUT2D eigenvalue weighted by Crippen LogP contribution is -2.65. The van der Waals surface area contributed by atoms with Gasteiger partial charge in [0.25, 0.3) is 0 Å². The highest BCUT2D eigenvalue weighted by atomic mass is 32.2. The molecule has 7 nitrogen and oxygen atoms in total. The van der Waals surface area contributed by atoms with E-state index >= 15 is 0 Å². The molecule has 1 aliphatic rings. The van der Waals surface area contributed by atoms with Crippen LogP contribution in [0.4, 0.5) is 0 Å². The molecule has 0 saturated carbocycles. The van der Waals surface area contributed by atoms with Crippen LogP contribution in [0.5, 0.6) is 0 Å². The Kier molecular flexibility index (Phi) is 8.08. The summed E-state index contributed by atoms with van der Waals surface area (Å²) < 4.78 is 32.5. The monoisotopic (exact) mass is 360 g/mol. The van der Waals surface area contributed by atoms with Crippen molar-refractivity contribution in [1.82, 2.24) is 10.0 Å². The van der Waals surface area contributed by atoms with E-state index < -0.39 is 33.5 Å². The van der Waals surface area contributed by atoms with Crippen molar-refractivity contribution in [1.29, 1.82) is 0 Å². The second-order valence-electron chi connectivity index (χ2n) is 5.85. The normalized spacial score (nSPS) is 24.8. The van der Waals surface area contributed by atoms with Crippen LogP contribution in [0.1, 0.15) is 26.7 Å². The lowest BCUT2D eigenvalue weighted by atomic mass is 9.77. The Labute approximate surface area is 144 Å². The molecule has 1 aliphatic carbocycles. The van der Waals surface area contributed by atoms with Gasteiger partial charge in [0.15, 0.2) is 0 Å². The van der Waals surface area contributed by atoms with Crippen LogP contribution in [0.25, 0.3) is 0 Å². The maximum Gasteiger partial charge on any atom is 0.310 e. The van der Waals surface area contributed by atoms with Crippen molar-refractivity contribution < 1.29 is 23.1 Å². The van der Waals surface area contributed by atoms with Crippen LogP contribution < -0.4 is 10.0 Å². The molecule has 24 heavy (non-hydrogen) atoms. The van der Waals surface area contributed by atoms with Gasteiger partial charge in [-0.05, 0) is 13.3 Å². The van der Waals surface area contributed by atoms with E-state index in [9.17, 15) is 13.2 Å². The summed E-state index contributed by atoms with van der Waals surface area (Å²) in [6, 6.07) is -0.486. The predicted octanol–water partition coefficient (Wildman–Crippen LogP) is 0.330. The Morgan fingerprint density at radius 3 is 2.71 bits per heavy atom. The Morgan fingerprint density at radius 1 is 1.42 bits per heavy atom. The van der Waals surface area contributed by atoms with Gasteiger partial charge in [-0.1, -0.05) is 37.6 Å². The third-order valence-electron chi connectivity index (χ3n) is 4.15. The fourth-order valence-electron chi connectivity index (χ4n) is 2.74. The maximum absolute atomic E-state index is 12.5. The highest BCUT2D eigenvalue weighted by molar-refractivity contribution is 7.89. The van der Waals surface area contributed by atoms with Crippen LogP contribution >= 0.6 is 0 Å². The minimum Gasteiger partial charge on any atom is -0.469 e. The smallest absolute Gasteiger partial charge is 0.310 e. The summed E-state index contributed by atoms with van der Waals surface area (Å²) in [5.41, 5.74) is -1.19. The van der Waals surface area contributed by atoms with E-state index in [2.05, 4.69) is 10.0 Å². The molecule has 0 aromatic heterocycles. The van der Waals surface area contributed by atoms with Gasteiger partial charge in [-0.15, -0.1) is 0 Å². The Morgan fingerprint density at radius 2 is 2.12 bits per heavy atom. The predicted molar refractivity (Wildman–Crippen MR) is 92.9 cm³/mol. The zero-order valence-electron chi connectivity index (χ0n) is 14.5. The number of sulfonamides is 1. The minimum atomic E-state index is -3.59. The summed E-state index contributed by atoms with van der Waals surface area (Å²) in [5, 5.41) is 12.2. The molecule has 8 heteroatoms. The van der Waals surface area contributed by atoms with Gasteiger partial charge in [0.05, 0.1) is 30.9 Å². The number of aliphatic hydroxyl groups excluding tert-OH is 1. The van der Waals surface area contributed by atoms with Crippen molar-refractivity contribution in [3.63, 3.8) is 0 Å². The number of unbranched alkanes of at least 4 members (excludes halogenated alkanes) is 1. The molecule has 3 atom stereocenters. The van der Waals surface area contributed by atoms with E-state index in [1.807, 2.05) is 6.92 Å². The van der Waals surface area contributed by atoms with Gasteiger partial charge in [-0.25, -0.2) is 13.1 Å². The average Bonchev–Trinajstić information content (AvgIpc) is 2.57. The molecular weight excluding hydrogens is 332 g/mol. The van der Waals surface area contributed by atoms with Crippen molar-refractivity contribution in [2.75, 3.05) is 26.0 Å². The average molecular weight is 360 g/mol. The maximum atomic E-state index is 12.5. The minimum absolute atomic E-state index is 0.0105. The van der Waals surface area contributed by atoms with Gasteiger partial charge < -0.3 is 15.2 Å². The molecule has 1 rings (SSSR count). The largest absolute Gasteiger partial charge is 0.469 e. The van der Waals surface area contributed by atoms with Crippen LogP contribution in [0, 0.1) is 5.92 Å². The van der Waals surface area contributed by atoms with Gasteiger partial charge >= 0.3 is 5.97 Å². The molecule has 0 bridgehead atoms. The molecule has 0 amide bonds. The van der Waals surface area contributed by atoms with Crippen LogP contribution in [-0.2, 0) is 19.6 Å². The third-order valence-corrected chi connectivity index (χ3v) is 5.64. The lowest BCUT2D eigenvalue weighted by Gasteiger charge is -2.42. The first-order valence-corrected chi connectivity index (χ1v) is 9.78. The Hall–Kier alpha value is -1.22. The molecular formula is C16H28N2O5S. The van der Waals surface area contributed by atoms with Gasteiger partial charge in [-0.3, -0.25) is 4.79 Å². The topological polar surface area (TPSA) is 105 Å². The molecule has 0 saturated heterocycles. The number of carbonyl (C=O) groups is 1. The molecule has 3 unspecified atom stereocenters. The van der Waals surface area contributed by atoms with Crippen LogP contribution in [0.15, 0.2) is 24.3 Å². The van der Waals surface area contributed by atoms with Gasteiger partial charge in [0.2, 0.25) is 10.0 Å². The molecule has 0 aromatic rings. The number of methoxy groups -OCH3 is 1. The fourth-order valence-corrected chi connectivity index (χ4v) is 4.42. The first-order valence-electron chi connectivity index (χ1n) is 8.12. The summed E-state index contributed by atoms with van der Waals surface area (Å²) >= 11 is 0. The molecule has 0 heterocycles. The van der Waals surface area contributed by atoms with Crippen molar-refractivity contribution in [2.45, 2.75) is 38.3 Å². The quantitative estimate of drug-likeness (QED) is 0.485. The fraction of sp³-hybridized carbons (Fsp3) is 0.688. The second-order valence-corrected chi connectivity index (χ2v) is 7.69. The Balaban J connectivity index is 3.22. The summed E-state index contributed by atoms with van der Waals surface area (Å²) in [4.78, 5) is 12.1. The van der Waals surface area contributed by atoms with Crippen molar-refractivity contribution in [3.8, 4) is 0 Å². The number of esters is 1. The number of ether oxygens (including phenoxy) is 1. The molecule has 0 aromatic carbocycles. The second kappa shape index (κ2) is 9.31. The van der Waals surface area contributed by atoms with Crippen molar-refractivity contribution >= 4 is 16.0 Å². The van der Waals surface area contributed by atoms with Crippen molar-refractivity contribution in [3.05, 3.63) is 24.3 Å². The molecule has 0 radical (unpaired) electrons. The number of carbonyl (C=O) groups excluding carboxylic acids is 1. The van der Waals surface area contributed by atoms with Crippen LogP contribution in [-0.4, -0.2) is 57.1 Å². The zero-order chi connectivity index (χ0) is 18.2. The highest BCUT2D eigenvalue weighted by Gasteiger charge is 2.47. The number of nitrogens with one attached hydrogen (secondary N) is 2. The van der Waals surface area contributed by atoms with Crippen molar-refractivity contribution in [2.24, 2.45) is 5.92 Å². The SMILES string of the molecule is CCCCS(=O)(=O)NC1(C(C)C(=O)OC)C=CC=CC1NCCO. The molecule has 0 aliphatic heterocycles. The zero-order valence-corrected chi connectivity index (χ0v) is 15.3. The van der Waals surface area contributed by atoms with E-state index in [0.717, 1.165) is 6.42 Å². The van der Waals surface area contributed by atoms with E-state index in [1.54, 1.807) is 31.2 Å². The standard InChI is InChI=1S/C16H28N2O5S/c1-4-5-12-24(21,22)18-16(13(2)15(20)23-3)9-7-6-8-14(16)17-10-11-19/h6-9,13-14,17-19H,4-5,10-12H2,1-3H3. The first kappa shape index (κ1) is 20.8. The summed E-state index contributed by atoms with van der Waals surface area (Å²) in [7, 11) is -2.32. The third kappa shape index (κ3) is 5.14. The number of rotatable bonds is 10. The molecule has 0 spiro atoms. The van der Waals surface area contributed by atoms with Gasteiger partial charge in [0, 0.05) is 12.6 Å². The molecule has 3 N–H and O–H groups in total. The number of hydrogen-bond donors (Lipinski definition) is 3. The van der Waals surface area contributed by atoms with Crippen LogP contribution in [0.2, 0.25) is 0 Å².